The maximum absolute atomic E-state index is 12.1. The van der Waals surface area contributed by atoms with Crippen molar-refractivity contribution in [1.82, 2.24) is 19.6 Å². The van der Waals surface area contributed by atoms with Crippen molar-refractivity contribution in [2.75, 3.05) is 20.1 Å². The molecular weight excluding hydrogens is 320 g/mol. The third-order valence-corrected chi connectivity index (χ3v) is 5.69. The standard InChI is InChI=1S/C14H21BrN4O/c1-9-13(15)12(18(3)16-9)8-19-6-4-5-10-11(19)7-17(2)14(10)20/h10-11H,4-8H2,1-3H3/t10-,11-/m1/s1. The van der Waals surface area contributed by atoms with Gasteiger partial charge in [0.05, 0.1) is 21.8 Å². The summed E-state index contributed by atoms with van der Waals surface area (Å²) in [6.45, 7) is 4.80. The quantitative estimate of drug-likeness (QED) is 0.820. The van der Waals surface area contributed by atoms with E-state index in [-0.39, 0.29) is 5.92 Å². The van der Waals surface area contributed by atoms with Crippen molar-refractivity contribution in [1.29, 1.82) is 0 Å². The average Bonchev–Trinajstić information content (AvgIpc) is 2.83. The molecule has 20 heavy (non-hydrogen) atoms. The molecule has 0 unspecified atom stereocenters. The van der Waals surface area contributed by atoms with Crippen LogP contribution in [0.3, 0.4) is 0 Å². The Morgan fingerprint density at radius 1 is 1.40 bits per heavy atom. The summed E-state index contributed by atoms with van der Waals surface area (Å²) in [5.74, 6) is 0.516. The number of amides is 1. The van der Waals surface area contributed by atoms with E-state index >= 15 is 0 Å². The number of carbonyl (C=O) groups is 1. The van der Waals surface area contributed by atoms with Gasteiger partial charge in [0.25, 0.3) is 0 Å². The topological polar surface area (TPSA) is 41.4 Å². The van der Waals surface area contributed by atoms with Crippen LogP contribution in [0.5, 0.6) is 0 Å². The molecule has 0 aromatic carbocycles. The van der Waals surface area contributed by atoms with Crippen LogP contribution >= 0.6 is 15.9 Å². The summed E-state index contributed by atoms with van der Waals surface area (Å²) in [7, 11) is 3.91. The van der Waals surface area contributed by atoms with E-state index in [4.69, 9.17) is 0 Å². The van der Waals surface area contributed by atoms with Gasteiger partial charge in [0, 0.05) is 33.2 Å². The Hall–Kier alpha value is -0.880. The predicted octanol–water partition coefficient (Wildman–Crippen LogP) is 1.54. The monoisotopic (exact) mass is 340 g/mol. The smallest absolute Gasteiger partial charge is 0.227 e. The Bertz CT molecular complexity index is 542. The summed E-state index contributed by atoms with van der Waals surface area (Å²) in [5, 5.41) is 4.46. The van der Waals surface area contributed by atoms with Crippen LogP contribution in [0.1, 0.15) is 24.2 Å². The molecule has 3 rings (SSSR count). The SMILES string of the molecule is Cc1nn(C)c(CN2CCC[C@H]3C(=O)N(C)C[C@H]32)c1Br. The van der Waals surface area contributed by atoms with E-state index in [1.807, 2.05) is 30.6 Å². The maximum Gasteiger partial charge on any atom is 0.227 e. The molecule has 0 bridgehead atoms. The maximum atomic E-state index is 12.1. The van der Waals surface area contributed by atoms with Crippen LogP contribution in [0.15, 0.2) is 4.47 Å². The van der Waals surface area contributed by atoms with E-state index in [0.29, 0.717) is 11.9 Å². The average molecular weight is 341 g/mol. The summed E-state index contributed by atoms with van der Waals surface area (Å²) >= 11 is 3.64. The Labute approximate surface area is 128 Å². The third-order valence-electron chi connectivity index (χ3n) is 4.66. The molecule has 2 aliphatic heterocycles. The zero-order chi connectivity index (χ0) is 14.4. The van der Waals surface area contributed by atoms with E-state index in [0.717, 1.165) is 42.6 Å². The summed E-state index contributed by atoms with van der Waals surface area (Å²) < 4.78 is 3.04. The number of fused-ring (bicyclic) bond motifs is 1. The number of rotatable bonds is 2. The lowest BCUT2D eigenvalue weighted by Gasteiger charge is -2.35. The number of hydrogen-bond donors (Lipinski definition) is 0. The van der Waals surface area contributed by atoms with Crippen molar-refractivity contribution < 1.29 is 4.79 Å². The molecule has 1 aromatic rings. The van der Waals surface area contributed by atoms with Gasteiger partial charge in [-0.25, -0.2) is 0 Å². The number of halogens is 1. The molecule has 0 aliphatic carbocycles. The molecule has 0 radical (unpaired) electrons. The summed E-state index contributed by atoms with van der Waals surface area (Å²) in [5.41, 5.74) is 2.22. The first-order valence-corrected chi connectivity index (χ1v) is 7.95. The Balaban J connectivity index is 1.82. The Morgan fingerprint density at radius 2 is 2.15 bits per heavy atom. The number of likely N-dealkylation sites (tertiary alicyclic amines) is 2. The molecule has 1 amide bonds. The van der Waals surface area contributed by atoms with Gasteiger partial charge in [0.15, 0.2) is 0 Å². The highest BCUT2D eigenvalue weighted by molar-refractivity contribution is 9.10. The van der Waals surface area contributed by atoms with Crippen LogP contribution in [-0.2, 0) is 18.4 Å². The number of aryl methyl sites for hydroxylation is 2. The van der Waals surface area contributed by atoms with Gasteiger partial charge in [-0.1, -0.05) is 0 Å². The molecule has 2 aliphatic rings. The van der Waals surface area contributed by atoms with Crippen molar-refractivity contribution in [2.45, 2.75) is 32.4 Å². The molecule has 1 aromatic heterocycles. The summed E-state index contributed by atoms with van der Waals surface area (Å²) in [6, 6.07) is 0.364. The van der Waals surface area contributed by atoms with Crippen molar-refractivity contribution in [2.24, 2.45) is 13.0 Å². The lowest BCUT2D eigenvalue weighted by molar-refractivity contribution is -0.130. The number of likely N-dealkylation sites (N-methyl/N-ethyl adjacent to an activating group) is 1. The fourth-order valence-electron chi connectivity index (χ4n) is 3.55. The lowest BCUT2D eigenvalue weighted by atomic mass is 9.91. The van der Waals surface area contributed by atoms with Crippen molar-refractivity contribution in [3.05, 3.63) is 15.9 Å². The number of hydrogen-bond acceptors (Lipinski definition) is 3. The lowest BCUT2D eigenvalue weighted by Crippen LogP contribution is -2.45. The first kappa shape index (κ1) is 14.1. The van der Waals surface area contributed by atoms with Gasteiger partial charge in [-0.05, 0) is 42.2 Å². The molecule has 0 N–H and O–H groups in total. The molecule has 2 saturated heterocycles. The van der Waals surface area contributed by atoms with Crippen LogP contribution < -0.4 is 0 Å². The zero-order valence-corrected chi connectivity index (χ0v) is 13.9. The van der Waals surface area contributed by atoms with E-state index in [1.54, 1.807) is 0 Å². The predicted molar refractivity (Wildman–Crippen MR) is 80.2 cm³/mol. The largest absolute Gasteiger partial charge is 0.344 e. The van der Waals surface area contributed by atoms with Crippen LogP contribution in [0, 0.1) is 12.8 Å². The highest BCUT2D eigenvalue weighted by Gasteiger charge is 2.43. The molecule has 6 heteroatoms. The third kappa shape index (κ3) is 2.19. The number of piperidine rings is 1. The van der Waals surface area contributed by atoms with Gasteiger partial charge in [-0.15, -0.1) is 0 Å². The Kier molecular flexibility index (Phi) is 3.62. The second-order valence-electron chi connectivity index (χ2n) is 5.97. The van der Waals surface area contributed by atoms with Gasteiger partial charge < -0.3 is 4.90 Å². The molecule has 0 saturated carbocycles. The van der Waals surface area contributed by atoms with Gasteiger partial charge in [-0.3, -0.25) is 14.4 Å². The number of nitrogens with zero attached hydrogens (tertiary/aromatic N) is 4. The van der Waals surface area contributed by atoms with Gasteiger partial charge in [0.1, 0.15) is 0 Å². The molecule has 2 fully saturated rings. The molecule has 110 valence electrons. The fourth-order valence-corrected chi connectivity index (χ4v) is 4.01. The minimum Gasteiger partial charge on any atom is -0.344 e. The highest BCUT2D eigenvalue weighted by atomic mass is 79.9. The summed E-state index contributed by atoms with van der Waals surface area (Å²) in [6.07, 6.45) is 2.14. The van der Waals surface area contributed by atoms with E-state index in [2.05, 4.69) is 25.9 Å². The first-order chi connectivity index (χ1) is 9.49. The zero-order valence-electron chi connectivity index (χ0n) is 12.3. The second kappa shape index (κ2) is 5.15. The minimum absolute atomic E-state index is 0.196. The van der Waals surface area contributed by atoms with E-state index < -0.39 is 0 Å². The molecule has 5 nitrogen and oxygen atoms in total. The second-order valence-corrected chi connectivity index (χ2v) is 6.77. The normalized spacial score (nSPS) is 27.2. The fraction of sp³-hybridized carbons (Fsp3) is 0.714. The summed E-state index contributed by atoms with van der Waals surface area (Å²) in [4.78, 5) is 16.5. The van der Waals surface area contributed by atoms with Crippen molar-refractivity contribution in [3.8, 4) is 0 Å². The van der Waals surface area contributed by atoms with Crippen LogP contribution in [0.4, 0.5) is 0 Å². The van der Waals surface area contributed by atoms with Crippen LogP contribution in [0.2, 0.25) is 0 Å². The minimum atomic E-state index is 0.196. The van der Waals surface area contributed by atoms with E-state index in [9.17, 15) is 4.79 Å². The van der Waals surface area contributed by atoms with Crippen LogP contribution in [0.25, 0.3) is 0 Å². The van der Waals surface area contributed by atoms with Crippen molar-refractivity contribution in [3.63, 3.8) is 0 Å². The molecular formula is C14H21BrN4O. The molecule has 3 heterocycles. The van der Waals surface area contributed by atoms with E-state index in [1.165, 1.54) is 5.69 Å². The number of carbonyl (C=O) groups excluding carboxylic acids is 1. The highest BCUT2D eigenvalue weighted by Crippen LogP contribution is 2.33. The van der Waals surface area contributed by atoms with Crippen LogP contribution in [-0.4, -0.2) is 51.7 Å². The molecule has 0 spiro atoms. The Morgan fingerprint density at radius 3 is 2.80 bits per heavy atom. The van der Waals surface area contributed by atoms with Crippen molar-refractivity contribution >= 4 is 21.8 Å². The molecule has 2 atom stereocenters. The number of aromatic nitrogens is 2. The van der Waals surface area contributed by atoms with Gasteiger partial charge >= 0.3 is 0 Å². The first-order valence-electron chi connectivity index (χ1n) is 7.16. The van der Waals surface area contributed by atoms with Gasteiger partial charge in [-0.2, -0.15) is 5.10 Å². The van der Waals surface area contributed by atoms with Gasteiger partial charge in [0.2, 0.25) is 5.91 Å².